The van der Waals surface area contributed by atoms with Crippen molar-refractivity contribution in [2.75, 3.05) is 0 Å². The SMILES string of the molecule is Cc1cc(F)c(S(=O)(=O)Cl)nc1C(F)F. The third-order valence-corrected chi connectivity index (χ3v) is 2.80. The van der Waals surface area contributed by atoms with Crippen LogP contribution in [0.5, 0.6) is 0 Å². The highest BCUT2D eigenvalue weighted by Gasteiger charge is 2.23. The van der Waals surface area contributed by atoms with E-state index < -0.39 is 32.0 Å². The van der Waals surface area contributed by atoms with Crippen molar-refractivity contribution in [3.05, 3.63) is 23.1 Å². The summed E-state index contributed by atoms with van der Waals surface area (Å²) in [6.45, 7) is 1.20. The molecule has 84 valence electrons. The summed E-state index contributed by atoms with van der Waals surface area (Å²) >= 11 is 0. The second kappa shape index (κ2) is 3.97. The van der Waals surface area contributed by atoms with Crippen LogP contribution in [0, 0.1) is 12.7 Å². The quantitative estimate of drug-likeness (QED) is 0.766. The standard InChI is InChI=1S/C7H5ClF3NO2S/c1-3-2-4(9)7(15(8,13)14)12-5(3)6(10)11/h2,6H,1H3. The molecule has 8 heteroatoms. The Kier molecular flexibility index (Phi) is 3.25. The van der Waals surface area contributed by atoms with Gasteiger partial charge in [0.1, 0.15) is 5.69 Å². The van der Waals surface area contributed by atoms with Crippen LogP contribution in [-0.4, -0.2) is 13.4 Å². The summed E-state index contributed by atoms with van der Waals surface area (Å²) in [6.07, 6.45) is -2.98. The molecule has 15 heavy (non-hydrogen) atoms. The lowest BCUT2D eigenvalue weighted by atomic mass is 10.2. The largest absolute Gasteiger partial charge is 0.281 e. The van der Waals surface area contributed by atoms with E-state index >= 15 is 0 Å². The van der Waals surface area contributed by atoms with E-state index in [-0.39, 0.29) is 5.56 Å². The lowest BCUT2D eigenvalue weighted by Crippen LogP contribution is -2.05. The van der Waals surface area contributed by atoms with Crippen LogP contribution in [0.15, 0.2) is 11.1 Å². The zero-order valence-corrected chi connectivity index (χ0v) is 8.91. The van der Waals surface area contributed by atoms with E-state index in [0.717, 1.165) is 0 Å². The molecule has 0 atom stereocenters. The molecule has 0 spiro atoms. The Hall–Kier alpha value is -0.820. The van der Waals surface area contributed by atoms with E-state index in [1.807, 2.05) is 0 Å². The normalized spacial score (nSPS) is 12.1. The van der Waals surface area contributed by atoms with Gasteiger partial charge in [0.15, 0.2) is 5.82 Å². The summed E-state index contributed by atoms with van der Waals surface area (Å²) < 4.78 is 59.1. The van der Waals surface area contributed by atoms with Crippen molar-refractivity contribution < 1.29 is 21.6 Å². The molecule has 0 radical (unpaired) electrons. The van der Waals surface area contributed by atoms with Crippen LogP contribution in [0.25, 0.3) is 0 Å². The van der Waals surface area contributed by atoms with Gasteiger partial charge in [0.25, 0.3) is 15.5 Å². The van der Waals surface area contributed by atoms with Gasteiger partial charge in [-0.05, 0) is 18.6 Å². The van der Waals surface area contributed by atoms with Gasteiger partial charge in [-0.25, -0.2) is 26.6 Å². The van der Waals surface area contributed by atoms with Gasteiger partial charge in [0.05, 0.1) is 0 Å². The molecule has 0 aromatic carbocycles. The molecule has 3 nitrogen and oxygen atoms in total. The fraction of sp³-hybridized carbons (Fsp3) is 0.286. The molecule has 0 N–H and O–H groups in total. The molecular formula is C7H5ClF3NO2S. The monoisotopic (exact) mass is 259 g/mol. The van der Waals surface area contributed by atoms with E-state index in [4.69, 9.17) is 10.7 Å². The number of aromatic nitrogens is 1. The van der Waals surface area contributed by atoms with Crippen LogP contribution >= 0.6 is 10.7 Å². The average molecular weight is 260 g/mol. The van der Waals surface area contributed by atoms with Gasteiger partial charge in [-0.15, -0.1) is 0 Å². The maximum atomic E-state index is 13.0. The highest BCUT2D eigenvalue weighted by molar-refractivity contribution is 8.13. The smallest absolute Gasteiger partial charge is 0.231 e. The van der Waals surface area contributed by atoms with Crippen LogP contribution in [0.4, 0.5) is 13.2 Å². The zero-order chi connectivity index (χ0) is 11.8. The highest BCUT2D eigenvalue weighted by atomic mass is 35.7. The van der Waals surface area contributed by atoms with Crippen LogP contribution in [0.2, 0.25) is 0 Å². The van der Waals surface area contributed by atoms with E-state index in [9.17, 15) is 21.6 Å². The van der Waals surface area contributed by atoms with E-state index in [2.05, 4.69) is 4.98 Å². The average Bonchev–Trinajstić information content (AvgIpc) is 2.00. The zero-order valence-electron chi connectivity index (χ0n) is 7.34. The van der Waals surface area contributed by atoms with E-state index in [1.165, 1.54) is 6.92 Å². The van der Waals surface area contributed by atoms with Crippen LogP contribution in [0.3, 0.4) is 0 Å². The van der Waals surface area contributed by atoms with Crippen LogP contribution in [-0.2, 0) is 9.05 Å². The maximum Gasteiger partial charge on any atom is 0.281 e. The number of rotatable bonds is 2. The van der Waals surface area contributed by atoms with Crippen molar-refractivity contribution in [2.24, 2.45) is 0 Å². The molecule has 1 heterocycles. The van der Waals surface area contributed by atoms with Crippen molar-refractivity contribution >= 4 is 19.7 Å². The molecule has 1 rings (SSSR count). The molecule has 0 saturated carbocycles. The molecule has 1 aromatic rings. The molecule has 1 aromatic heterocycles. The summed E-state index contributed by atoms with van der Waals surface area (Å²) in [4.78, 5) is 3.00. The molecule has 0 amide bonds. The first-order chi connectivity index (χ1) is 6.73. The molecule has 0 aliphatic heterocycles. The molecular weight excluding hydrogens is 255 g/mol. The predicted molar refractivity (Wildman–Crippen MR) is 46.9 cm³/mol. The van der Waals surface area contributed by atoms with Gasteiger partial charge >= 0.3 is 0 Å². The Morgan fingerprint density at radius 1 is 1.47 bits per heavy atom. The van der Waals surface area contributed by atoms with Crippen LogP contribution < -0.4 is 0 Å². The number of nitrogens with zero attached hydrogens (tertiary/aromatic N) is 1. The second-order valence-electron chi connectivity index (χ2n) is 2.72. The molecule has 0 unspecified atom stereocenters. The number of hydrogen-bond acceptors (Lipinski definition) is 3. The number of pyridine rings is 1. The second-order valence-corrected chi connectivity index (χ2v) is 5.20. The van der Waals surface area contributed by atoms with Crippen molar-refractivity contribution in [3.63, 3.8) is 0 Å². The Balaban J connectivity index is 3.50. The van der Waals surface area contributed by atoms with Crippen molar-refractivity contribution in [1.29, 1.82) is 0 Å². The first kappa shape index (κ1) is 12.3. The molecule has 0 aliphatic carbocycles. The number of halogens is 4. The van der Waals surface area contributed by atoms with Crippen molar-refractivity contribution in [1.82, 2.24) is 4.98 Å². The van der Waals surface area contributed by atoms with E-state index in [1.54, 1.807) is 0 Å². The minimum atomic E-state index is -4.45. The summed E-state index contributed by atoms with van der Waals surface area (Å²) in [5, 5.41) is -1.18. The Morgan fingerprint density at radius 3 is 2.40 bits per heavy atom. The predicted octanol–water partition coefficient (Wildman–Crippen LogP) is 2.39. The Labute approximate surface area is 88.3 Å². The first-order valence-electron chi connectivity index (χ1n) is 3.63. The Morgan fingerprint density at radius 2 is 2.00 bits per heavy atom. The number of aryl methyl sites for hydroxylation is 1. The Bertz CT molecular complexity index is 489. The molecule has 0 saturated heterocycles. The highest BCUT2D eigenvalue weighted by Crippen LogP contribution is 2.25. The molecule has 0 fully saturated rings. The van der Waals surface area contributed by atoms with Gasteiger partial charge in [-0.2, -0.15) is 0 Å². The number of alkyl halides is 2. The number of hydrogen-bond donors (Lipinski definition) is 0. The summed E-state index contributed by atoms with van der Waals surface area (Å²) in [5.74, 6) is -1.24. The fourth-order valence-electron chi connectivity index (χ4n) is 0.969. The maximum absolute atomic E-state index is 13.0. The lowest BCUT2D eigenvalue weighted by Gasteiger charge is -2.06. The first-order valence-corrected chi connectivity index (χ1v) is 5.94. The summed E-state index contributed by atoms with van der Waals surface area (Å²) in [5.41, 5.74) is -0.929. The van der Waals surface area contributed by atoms with Crippen molar-refractivity contribution in [3.8, 4) is 0 Å². The van der Waals surface area contributed by atoms with Gasteiger partial charge in [-0.3, -0.25) is 0 Å². The summed E-state index contributed by atoms with van der Waals surface area (Å²) in [7, 11) is 0.364. The fourth-order valence-corrected chi connectivity index (χ4v) is 1.79. The minimum Gasteiger partial charge on any atom is -0.231 e. The van der Waals surface area contributed by atoms with Crippen LogP contribution in [0.1, 0.15) is 17.7 Å². The van der Waals surface area contributed by atoms with Gasteiger partial charge in [0.2, 0.25) is 5.03 Å². The molecule has 0 bridgehead atoms. The minimum absolute atomic E-state index is 0.133. The third kappa shape index (κ3) is 2.60. The van der Waals surface area contributed by atoms with Crippen molar-refractivity contribution in [2.45, 2.75) is 18.4 Å². The third-order valence-electron chi connectivity index (χ3n) is 1.61. The van der Waals surface area contributed by atoms with Gasteiger partial charge in [-0.1, -0.05) is 0 Å². The topological polar surface area (TPSA) is 47.0 Å². The lowest BCUT2D eigenvalue weighted by molar-refractivity contribution is 0.144. The molecule has 0 aliphatic rings. The summed E-state index contributed by atoms with van der Waals surface area (Å²) in [6, 6.07) is 0.657. The van der Waals surface area contributed by atoms with Gasteiger partial charge in [0, 0.05) is 10.7 Å². The van der Waals surface area contributed by atoms with E-state index in [0.29, 0.717) is 6.07 Å². The van der Waals surface area contributed by atoms with Gasteiger partial charge < -0.3 is 0 Å².